The number of hydrogen-bond acceptors (Lipinski definition) is 2. The lowest BCUT2D eigenvalue weighted by molar-refractivity contribution is 0.628. The summed E-state index contributed by atoms with van der Waals surface area (Å²) in [6.45, 7) is 1.92. The van der Waals surface area contributed by atoms with Gasteiger partial charge in [-0.25, -0.2) is 4.39 Å². The zero-order chi connectivity index (χ0) is 10.8. The largest absolute Gasteiger partial charge is 0.397 e. The van der Waals surface area contributed by atoms with Crippen molar-refractivity contribution in [1.82, 2.24) is 4.98 Å². The van der Waals surface area contributed by atoms with Crippen molar-refractivity contribution in [3.05, 3.63) is 47.9 Å². The third kappa shape index (κ3) is 1.81. The summed E-state index contributed by atoms with van der Waals surface area (Å²) in [6, 6.07) is 8.00. The molecule has 2 rings (SSSR count). The van der Waals surface area contributed by atoms with Crippen LogP contribution in [-0.2, 0) is 0 Å². The number of benzene rings is 1. The van der Waals surface area contributed by atoms with Crippen LogP contribution in [0.2, 0.25) is 0 Å². The highest BCUT2D eigenvalue weighted by Crippen LogP contribution is 2.25. The SMILES string of the molecule is Cc1ccnc(-c2ccc(F)cc2)c1N. The Kier molecular flexibility index (Phi) is 2.37. The van der Waals surface area contributed by atoms with Crippen LogP contribution in [0.4, 0.5) is 10.1 Å². The summed E-state index contributed by atoms with van der Waals surface area (Å²) in [6.07, 6.45) is 1.70. The van der Waals surface area contributed by atoms with Crippen LogP contribution < -0.4 is 5.73 Å². The van der Waals surface area contributed by atoms with E-state index in [1.807, 2.05) is 13.0 Å². The summed E-state index contributed by atoms with van der Waals surface area (Å²) >= 11 is 0. The molecule has 1 aromatic heterocycles. The molecule has 15 heavy (non-hydrogen) atoms. The van der Waals surface area contributed by atoms with Crippen molar-refractivity contribution in [3.63, 3.8) is 0 Å². The molecule has 0 amide bonds. The van der Waals surface area contributed by atoms with E-state index < -0.39 is 0 Å². The van der Waals surface area contributed by atoms with E-state index in [-0.39, 0.29) is 5.82 Å². The van der Waals surface area contributed by atoms with Gasteiger partial charge in [0, 0.05) is 11.8 Å². The van der Waals surface area contributed by atoms with Crippen molar-refractivity contribution in [1.29, 1.82) is 0 Å². The van der Waals surface area contributed by atoms with Crippen LogP contribution in [0.5, 0.6) is 0 Å². The van der Waals surface area contributed by atoms with Gasteiger partial charge < -0.3 is 5.73 Å². The fourth-order valence-electron chi connectivity index (χ4n) is 1.41. The molecule has 0 saturated heterocycles. The lowest BCUT2D eigenvalue weighted by atomic mass is 10.1. The normalized spacial score (nSPS) is 10.3. The monoisotopic (exact) mass is 202 g/mol. The molecule has 0 aliphatic heterocycles. The molecule has 76 valence electrons. The van der Waals surface area contributed by atoms with Crippen LogP contribution >= 0.6 is 0 Å². The quantitative estimate of drug-likeness (QED) is 0.772. The van der Waals surface area contributed by atoms with E-state index in [4.69, 9.17) is 5.73 Å². The van der Waals surface area contributed by atoms with Crippen LogP contribution in [0.15, 0.2) is 36.5 Å². The van der Waals surface area contributed by atoms with Crippen LogP contribution in [-0.4, -0.2) is 4.98 Å². The molecule has 1 heterocycles. The average molecular weight is 202 g/mol. The highest BCUT2D eigenvalue weighted by Gasteiger charge is 2.05. The van der Waals surface area contributed by atoms with E-state index in [1.165, 1.54) is 12.1 Å². The third-order valence-electron chi connectivity index (χ3n) is 2.33. The minimum absolute atomic E-state index is 0.259. The number of aromatic nitrogens is 1. The van der Waals surface area contributed by atoms with Crippen molar-refractivity contribution in [2.24, 2.45) is 0 Å². The molecular formula is C12H11FN2. The number of nitrogen functional groups attached to an aromatic ring is 1. The maximum atomic E-state index is 12.7. The second-order valence-electron chi connectivity index (χ2n) is 3.40. The maximum Gasteiger partial charge on any atom is 0.123 e. The molecule has 0 unspecified atom stereocenters. The Labute approximate surface area is 87.6 Å². The van der Waals surface area contributed by atoms with Crippen molar-refractivity contribution in [3.8, 4) is 11.3 Å². The molecule has 1 aromatic carbocycles. The first kappa shape index (κ1) is 9.65. The van der Waals surface area contributed by atoms with Gasteiger partial charge >= 0.3 is 0 Å². The fraction of sp³-hybridized carbons (Fsp3) is 0.0833. The lowest BCUT2D eigenvalue weighted by Gasteiger charge is -2.06. The lowest BCUT2D eigenvalue weighted by Crippen LogP contribution is -1.96. The Morgan fingerprint density at radius 1 is 1.13 bits per heavy atom. The summed E-state index contributed by atoms with van der Waals surface area (Å²) in [5, 5.41) is 0. The molecule has 0 atom stereocenters. The van der Waals surface area contributed by atoms with Gasteiger partial charge in [0.15, 0.2) is 0 Å². The Balaban J connectivity index is 2.54. The molecule has 0 aliphatic rings. The van der Waals surface area contributed by atoms with Crippen LogP contribution in [0.1, 0.15) is 5.56 Å². The minimum atomic E-state index is -0.259. The molecule has 2 N–H and O–H groups in total. The van der Waals surface area contributed by atoms with E-state index in [1.54, 1.807) is 18.3 Å². The highest BCUT2D eigenvalue weighted by atomic mass is 19.1. The van der Waals surface area contributed by atoms with Gasteiger partial charge in [-0.3, -0.25) is 4.98 Å². The topological polar surface area (TPSA) is 38.9 Å². The number of hydrogen-bond donors (Lipinski definition) is 1. The van der Waals surface area contributed by atoms with E-state index >= 15 is 0 Å². The van der Waals surface area contributed by atoms with Crippen LogP contribution in [0.3, 0.4) is 0 Å². The predicted octanol–water partition coefficient (Wildman–Crippen LogP) is 2.78. The second-order valence-corrected chi connectivity index (χ2v) is 3.40. The Morgan fingerprint density at radius 2 is 1.80 bits per heavy atom. The average Bonchev–Trinajstić information content (AvgIpc) is 2.24. The summed E-state index contributed by atoms with van der Waals surface area (Å²) in [4.78, 5) is 4.19. The highest BCUT2D eigenvalue weighted by molar-refractivity contribution is 5.74. The molecular weight excluding hydrogens is 191 g/mol. The Hall–Kier alpha value is -1.90. The minimum Gasteiger partial charge on any atom is -0.397 e. The van der Waals surface area contributed by atoms with Gasteiger partial charge in [0.2, 0.25) is 0 Å². The van der Waals surface area contributed by atoms with Crippen molar-refractivity contribution in [2.45, 2.75) is 6.92 Å². The molecule has 0 spiro atoms. The Bertz CT molecular complexity index is 477. The van der Waals surface area contributed by atoms with Gasteiger partial charge in [0.05, 0.1) is 11.4 Å². The summed E-state index contributed by atoms with van der Waals surface area (Å²) in [7, 11) is 0. The number of pyridine rings is 1. The molecule has 0 aliphatic carbocycles. The van der Waals surface area contributed by atoms with Gasteiger partial charge in [-0.05, 0) is 42.8 Å². The number of rotatable bonds is 1. The maximum absolute atomic E-state index is 12.7. The first-order valence-electron chi connectivity index (χ1n) is 4.65. The number of nitrogens with zero attached hydrogens (tertiary/aromatic N) is 1. The van der Waals surface area contributed by atoms with Gasteiger partial charge in [-0.15, -0.1) is 0 Å². The Morgan fingerprint density at radius 3 is 2.47 bits per heavy atom. The standard InChI is InChI=1S/C12H11FN2/c1-8-6-7-15-12(11(8)14)9-2-4-10(13)5-3-9/h2-7H,14H2,1H3. The van der Waals surface area contributed by atoms with E-state index in [0.29, 0.717) is 11.4 Å². The second kappa shape index (κ2) is 3.69. The number of aryl methyl sites for hydroxylation is 1. The van der Waals surface area contributed by atoms with E-state index in [9.17, 15) is 4.39 Å². The van der Waals surface area contributed by atoms with Crippen molar-refractivity contribution in [2.75, 3.05) is 5.73 Å². The first-order valence-corrected chi connectivity index (χ1v) is 4.65. The molecule has 2 aromatic rings. The molecule has 3 heteroatoms. The molecule has 0 fully saturated rings. The third-order valence-corrected chi connectivity index (χ3v) is 2.33. The molecule has 0 bridgehead atoms. The number of anilines is 1. The van der Waals surface area contributed by atoms with Gasteiger partial charge in [-0.1, -0.05) is 0 Å². The van der Waals surface area contributed by atoms with Gasteiger partial charge in [-0.2, -0.15) is 0 Å². The zero-order valence-corrected chi connectivity index (χ0v) is 8.37. The molecule has 0 radical (unpaired) electrons. The first-order chi connectivity index (χ1) is 7.18. The fourth-order valence-corrected chi connectivity index (χ4v) is 1.41. The van der Waals surface area contributed by atoms with Crippen molar-refractivity contribution >= 4 is 5.69 Å². The molecule has 0 saturated carbocycles. The van der Waals surface area contributed by atoms with E-state index in [0.717, 1.165) is 11.1 Å². The zero-order valence-electron chi connectivity index (χ0n) is 8.37. The van der Waals surface area contributed by atoms with Crippen LogP contribution in [0.25, 0.3) is 11.3 Å². The van der Waals surface area contributed by atoms with Gasteiger partial charge in [0.1, 0.15) is 5.82 Å². The number of nitrogens with two attached hydrogens (primary N) is 1. The van der Waals surface area contributed by atoms with Gasteiger partial charge in [0.25, 0.3) is 0 Å². The molecule has 2 nitrogen and oxygen atoms in total. The van der Waals surface area contributed by atoms with E-state index in [2.05, 4.69) is 4.98 Å². The predicted molar refractivity (Wildman–Crippen MR) is 58.8 cm³/mol. The summed E-state index contributed by atoms with van der Waals surface area (Å²) in [5.74, 6) is -0.259. The van der Waals surface area contributed by atoms with Crippen LogP contribution in [0, 0.1) is 12.7 Å². The summed E-state index contributed by atoms with van der Waals surface area (Å²) in [5.41, 5.74) is 9.05. The summed E-state index contributed by atoms with van der Waals surface area (Å²) < 4.78 is 12.7. The van der Waals surface area contributed by atoms with Crippen molar-refractivity contribution < 1.29 is 4.39 Å². The number of halogens is 1. The smallest absolute Gasteiger partial charge is 0.123 e.